The lowest BCUT2D eigenvalue weighted by Crippen LogP contribution is -2.12. The predicted molar refractivity (Wildman–Crippen MR) is 61.2 cm³/mol. The van der Waals surface area contributed by atoms with Gasteiger partial charge in [-0.05, 0) is 30.7 Å². The van der Waals surface area contributed by atoms with Crippen molar-refractivity contribution in [2.75, 3.05) is 5.73 Å². The van der Waals surface area contributed by atoms with Gasteiger partial charge in [-0.2, -0.15) is 5.10 Å². The second-order valence-corrected chi connectivity index (χ2v) is 3.67. The lowest BCUT2D eigenvalue weighted by molar-refractivity contribution is 0.0995. The van der Waals surface area contributed by atoms with E-state index in [2.05, 4.69) is 5.10 Å². The number of amides is 1. The Morgan fingerprint density at radius 1 is 1.47 bits per heavy atom. The molecule has 0 spiro atoms. The molecule has 1 amide bonds. The van der Waals surface area contributed by atoms with Gasteiger partial charge in [0.2, 0.25) is 0 Å². The molecule has 0 fully saturated rings. The summed E-state index contributed by atoms with van der Waals surface area (Å²) in [6.45, 7) is 1.62. The average molecular weight is 234 g/mol. The number of hydrogen-bond donors (Lipinski definition) is 2. The number of anilines is 1. The van der Waals surface area contributed by atoms with Gasteiger partial charge >= 0.3 is 0 Å². The number of nitrogen functional groups attached to an aromatic ring is 1. The predicted octanol–water partition coefficient (Wildman–Crippen LogP) is 1.00. The number of aromatic nitrogens is 2. The number of rotatable bonds is 2. The summed E-state index contributed by atoms with van der Waals surface area (Å²) >= 11 is 0. The first-order chi connectivity index (χ1) is 7.99. The highest BCUT2D eigenvalue weighted by Crippen LogP contribution is 2.21. The van der Waals surface area contributed by atoms with Gasteiger partial charge in [-0.3, -0.25) is 4.79 Å². The van der Waals surface area contributed by atoms with Crippen LogP contribution in [0.1, 0.15) is 16.1 Å². The SMILES string of the molecule is Cc1cc(-n2ccc(C(N)=O)n2)c(N)cc1F. The third-order valence-corrected chi connectivity index (χ3v) is 2.40. The molecule has 6 heteroatoms. The molecule has 0 atom stereocenters. The van der Waals surface area contributed by atoms with E-state index in [9.17, 15) is 9.18 Å². The summed E-state index contributed by atoms with van der Waals surface area (Å²) in [6.07, 6.45) is 1.54. The molecule has 2 rings (SSSR count). The molecular formula is C11H11FN4O. The highest BCUT2D eigenvalue weighted by atomic mass is 19.1. The highest BCUT2D eigenvalue weighted by molar-refractivity contribution is 5.90. The van der Waals surface area contributed by atoms with Crippen LogP contribution in [0.4, 0.5) is 10.1 Å². The summed E-state index contributed by atoms with van der Waals surface area (Å²) in [5.74, 6) is -1.00. The van der Waals surface area contributed by atoms with Crippen molar-refractivity contribution in [1.29, 1.82) is 0 Å². The van der Waals surface area contributed by atoms with Crippen LogP contribution in [0.5, 0.6) is 0 Å². The Kier molecular flexibility index (Phi) is 2.55. The number of nitrogens with two attached hydrogens (primary N) is 2. The summed E-state index contributed by atoms with van der Waals surface area (Å²) in [6, 6.07) is 4.25. The Morgan fingerprint density at radius 2 is 2.18 bits per heavy atom. The average Bonchev–Trinajstić information content (AvgIpc) is 2.72. The molecule has 0 aliphatic rings. The van der Waals surface area contributed by atoms with Crippen molar-refractivity contribution in [2.45, 2.75) is 6.92 Å². The van der Waals surface area contributed by atoms with Crippen molar-refractivity contribution in [2.24, 2.45) is 5.73 Å². The van der Waals surface area contributed by atoms with Crippen LogP contribution in [-0.4, -0.2) is 15.7 Å². The maximum Gasteiger partial charge on any atom is 0.269 e. The fourth-order valence-corrected chi connectivity index (χ4v) is 1.47. The minimum atomic E-state index is -0.624. The van der Waals surface area contributed by atoms with E-state index in [0.717, 1.165) is 0 Å². The largest absolute Gasteiger partial charge is 0.397 e. The number of carbonyl (C=O) groups excluding carboxylic acids is 1. The zero-order chi connectivity index (χ0) is 12.6. The number of carbonyl (C=O) groups is 1. The first-order valence-electron chi connectivity index (χ1n) is 4.90. The van der Waals surface area contributed by atoms with Gasteiger partial charge in [-0.25, -0.2) is 9.07 Å². The summed E-state index contributed by atoms with van der Waals surface area (Å²) < 4.78 is 14.6. The maximum absolute atomic E-state index is 13.2. The molecule has 2 aromatic rings. The lowest BCUT2D eigenvalue weighted by Gasteiger charge is -2.07. The van der Waals surface area contributed by atoms with Crippen LogP contribution >= 0.6 is 0 Å². The van der Waals surface area contributed by atoms with Crippen LogP contribution in [0.3, 0.4) is 0 Å². The van der Waals surface area contributed by atoms with E-state index in [4.69, 9.17) is 11.5 Å². The fraction of sp³-hybridized carbons (Fsp3) is 0.0909. The fourth-order valence-electron chi connectivity index (χ4n) is 1.47. The van der Waals surface area contributed by atoms with Gasteiger partial charge in [-0.1, -0.05) is 0 Å². The van der Waals surface area contributed by atoms with Crippen molar-refractivity contribution in [3.05, 3.63) is 41.5 Å². The Hall–Kier alpha value is -2.37. The van der Waals surface area contributed by atoms with Crippen molar-refractivity contribution in [3.63, 3.8) is 0 Å². The number of benzene rings is 1. The van der Waals surface area contributed by atoms with E-state index in [0.29, 0.717) is 11.3 Å². The normalized spacial score (nSPS) is 10.5. The Balaban J connectivity index is 2.52. The van der Waals surface area contributed by atoms with Crippen LogP contribution < -0.4 is 11.5 Å². The number of aryl methyl sites for hydroxylation is 1. The Morgan fingerprint density at radius 3 is 2.76 bits per heavy atom. The Bertz CT molecular complexity index is 591. The van der Waals surface area contributed by atoms with Crippen molar-refractivity contribution in [3.8, 4) is 5.69 Å². The molecule has 0 aliphatic carbocycles. The minimum absolute atomic E-state index is 0.131. The van der Waals surface area contributed by atoms with Gasteiger partial charge in [0.05, 0.1) is 11.4 Å². The van der Waals surface area contributed by atoms with E-state index in [1.807, 2.05) is 0 Å². The molecule has 0 aliphatic heterocycles. The standard InChI is InChI=1S/C11H11FN4O/c1-6-4-10(8(13)5-7(6)12)16-3-2-9(15-16)11(14)17/h2-5H,13H2,1H3,(H2,14,17). The summed E-state index contributed by atoms with van der Waals surface area (Å²) in [7, 11) is 0. The van der Waals surface area contributed by atoms with Crippen molar-refractivity contribution < 1.29 is 9.18 Å². The minimum Gasteiger partial charge on any atom is -0.397 e. The van der Waals surface area contributed by atoms with Crippen LogP contribution in [0, 0.1) is 12.7 Å². The number of hydrogen-bond acceptors (Lipinski definition) is 3. The van der Waals surface area contributed by atoms with Crippen LogP contribution in [0.15, 0.2) is 24.4 Å². The van der Waals surface area contributed by atoms with Gasteiger partial charge < -0.3 is 11.5 Å². The van der Waals surface area contributed by atoms with E-state index >= 15 is 0 Å². The van der Waals surface area contributed by atoms with Gasteiger partial charge in [0.25, 0.3) is 5.91 Å². The molecule has 0 unspecified atom stereocenters. The first-order valence-corrected chi connectivity index (χ1v) is 4.90. The molecule has 5 nitrogen and oxygen atoms in total. The first kappa shape index (κ1) is 11.1. The molecule has 17 heavy (non-hydrogen) atoms. The second kappa shape index (κ2) is 3.89. The number of halogens is 1. The highest BCUT2D eigenvalue weighted by Gasteiger charge is 2.10. The number of primary amides is 1. The molecule has 1 heterocycles. The van der Waals surface area contributed by atoms with E-state index in [-0.39, 0.29) is 17.2 Å². The molecule has 4 N–H and O–H groups in total. The third kappa shape index (κ3) is 1.96. The molecule has 0 saturated heterocycles. The topological polar surface area (TPSA) is 86.9 Å². The Labute approximate surface area is 96.8 Å². The van der Waals surface area contributed by atoms with Gasteiger partial charge in [-0.15, -0.1) is 0 Å². The summed E-state index contributed by atoms with van der Waals surface area (Å²) in [5.41, 5.74) is 12.1. The molecule has 0 saturated carbocycles. The van der Waals surface area contributed by atoms with Crippen LogP contribution in [0.2, 0.25) is 0 Å². The molecule has 88 valence electrons. The zero-order valence-electron chi connectivity index (χ0n) is 9.14. The van der Waals surface area contributed by atoms with Crippen LogP contribution in [-0.2, 0) is 0 Å². The van der Waals surface area contributed by atoms with Gasteiger partial charge in [0, 0.05) is 6.20 Å². The summed E-state index contributed by atoms with van der Waals surface area (Å²) in [4.78, 5) is 10.9. The van der Waals surface area contributed by atoms with Crippen LogP contribution in [0.25, 0.3) is 5.69 Å². The molecule has 0 bridgehead atoms. The third-order valence-electron chi connectivity index (χ3n) is 2.40. The molecule has 0 radical (unpaired) electrons. The molecule has 1 aromatic heterocycles. The second-order valence-electron chi connectivity index (χ2n) is 3.67. The lowest BCUT2D eigenvalue weighted by atomic mass is 10.2. The van der Waals surface area contributed by atoms with E-state index in [1.165, 1.54) is 16.8 Å². The van der Waals surface area contributed by atoms with E-state index in [1.54, 1.807) is 19.2 Å². The van der Waals surface area contributed by atoms with Gasteiger partial charge in [0.1, 0.15) is 11.5 Å². The zero-order valence-corrected chi connectivity index (χ0v) is 9.14. The van der Waals surface area contributed by atoms with E-state index < -0.39 is 5.91 Å². The van der Waals surface area contributed by atoms with Crippen molar-refractivity contribution in [1.82, 2.24) is 9.78 Å². The maximum atomic E-state index is 13.2. The quantitative estimate of drug-likeness (QED) is 0.760. The molecular weight excluding hydrogens is 223 g/mol. The number of nitrogens with zero attached hydrogens (tertiary/aromatic N) is 2. The molecule has 1 aromatic carbocycles. The van der Waals surface area contributed by atoms with Crippen molar-refractivity contribution >= 4 is 11.6 Å². The smallest absolute Gasteiger partial charge is 0.269 e. The summed E-state index contributed by atoms with van der Waals surface area (Å²) in [5, 5.41) is 3.95. The monoisotopic (exact) mass is 234 g/mol. The van der Waals surface area contributed by atoms with Gasteiger partial charge in [0.15, 0.2) is 0 Å².